The lowest BCUT2D eigenvalue weighted by molar-refractivity contribution is 0.615. The highest BCUT2D eigenvalue weighted by atomic mass is 16.4. The summed E-state index contributed by atoms with van der Waals surface area (Å²) in [7, 11) is 0. The molecule has 0 fully saturated rings. The van der Waals surface area contributed by atoms with Crippen LogP contribution >= 0.6 is 0 Å². The maximum atomic E-state index is 13.8. The number of benzene rings is 5. The third-order valence-corrected chi connectivity index (χ3v) is 8.26. The van der Waals surface area contributed by atoms with Crippen molar-refractivity contribution >= 4 is 27.8 Å². The van der Waals surface area contributed by atoms with Crippen LogP contribution in [-0.4, -0.2) is 9.38 Å². The first-order chi connectivity index (χ1) is 18.3. The van der Waals surface area contributed by atoms with E-state index in [1.165, 1.54) is 27.8 Å². The van der Waals surface area contributed by atoms with Gasteiger partial charge in [-0.1, -0.05) is 84.9 Å². The van der Waals surface area contributed by atoms with Gasteiger partial charge in [0, 0.05) is 0 Å². The Kier molecular flexibility index (Phi) is 3.34. The van der Waals surface area contributed by atoms with Crippen molar-refractivity contribution in [2.45, 2.75) is 5.41 Å². The normalized spacial score (nSPS) is 14.3. The van der Waals surface area contributed by atoms with Gasteiger partial charge in [0.1, 0.15) is 5.58 Å². The molecule has 172 valence electrons. The summed E-state index contributed by atoms with van der Waals surface area (Å²) in [5.41, 5.74) is 11.1. The van der Waals surface area contributed by atoms with E-state index >= 15 is 0 Å². The molecule has 4 heteroatoms. The van der Waals surface area contributed by atoms with Crippen molar-refractivity contribution in [3.05, 3.63) is 142 Å². The average Bonchev–Trinajstić information content (AvgIpc) is 3.56. The van der Waals surface area contributed by atoms with Crippen molar-refractivity contribution in [1.82, 2.24) is 9.38 Å². The van der Waals surface area contributed by atoms with Crippen molar-refractivity contribution in [2.75, 3.05) is 0 Å². The minimum absolute atomic E-state index is 0.113. The largest absolute Gasteiger partial charge is 0.424 e. The van der Waals surface area contributed by atoms with Gasteiger partial charge >= 0.3 is 5.84 Å². The number of rotatable bonds is 0. The highest BCUT2D eigenvalue weighted by Gasteiger charge is 2.51. The van der Waals surface area contributed by atoms with Crippen LogP contribution in [0.5, 0.6) is 0 Å². The van der Waals surface area contributed by atoms with E-state index in [2.05, 4.69) is 83.8 Å². The van der Waals surface area contributed by atoms with Gasteiger partial charge in [0.25, 0.3) is 5.56 Å². The first-order valence-corrected chi connectivity index (χ1v) is 12.4. The first-order valence-electron chi connectivity index (χ1n) is 12.4. The van der Waals surface area contributed by atoms with E-state index in [1.807, 2.05) is 30.3 Å². The number of nitrogens with zero attached hydrogens (tertiary/aromatic N) is 2. The van der Waals surface area contributed by atoms with Crippen molar-refractivity contribution in [3.63, 3.8) is 0 Å². The average molecular weight is 475 g/mol. The number of para-hydroxylation sites is 2. The van der Waals surface area contributed by atoms with Crippen LogP contribution in [0.4, 0.5) is 0 Å². The van der Waals surface area contributed by atoms with Crippen molar-refractivity contribution < 1.29 is 4.42 Å². The Morgan fingerprint density at radius 1 is 0.622 bits per heavy atom. The molecule has 2 aliphatic rings. The lowest BCUT2D eigenvalue weighted by atomic mass is 9.70. The van der Waals surface area contributed by atoms with Crippen LogP contribution in [0.2, 0.25) is 0 Å². The lowest BCUT2D eigenvalue weighted by Crippen LogP contribution is -2.26. The van der Waals surface area contributed by atoms with Crippen LogP contribution in [0.1, 0.15) is 22.3 Å². The Balaban J connectivity index is 1.48. The fraction of sp³-hybridized carbons (Fsp3) is 0.0303. The first kappa shape index (κ1) is 19.3. The van der Waals surface area contributed by atoms with E-state index in [0.29, 0.717) is 16.8 Å². The van der Waals surface area contributed by atoms with Crippen LogP contribution in [0.15, 0.2) is 118 Å². The highest BCUT2D eigenvalue weighted by molar-refractivity contribution is 5.98. The molecule has 2 aliphatic carbocycles. The zero-order valence-corrected chi connectivity index (χ0v) is 19.6. The predicted molar refractivity (Wildman–Crippen MR) is 145 cm³/mol. The van der Waals surface area contributed by atoms with E-state index < -0.39 is 5.41 Å². The van der Waals surface area contributed by atoms with Gasteiger partial charge in [-0.2, -0.15) is 4.98 Å². The maximum absolute atomic E-state index is 13.8. The molecule has 7 aromatic rings. The molecule has 0 atom stereocenters. The number of hydrogen-bond donors (Lipinski definition) is 0. The molecule has 0 unspecified atom stereocenters. The summed E-state index contributed by atoms with van der Waals surface area (Å²) in [5, 5.41) is 0.556. The van der Waals surface area contributed by atoms with Crippen molar-refractivity contribution in [1.29, 1.82) is 0 Å². The van der Waals surface area contributed by atoms with E-state index in [0.717, 1.165) is 27.7 Å². The molecule has 5 aromatic carbocycles. The second-order valence-corrected chi connectivity index (χ2v) is 9.91. The Labute approximate surface area is 211 Å². The van der Waals surface area contributed by atoms with Gasteiger partial charge in [0.2, 0.25) is 0 Å². The monoisotopic (exact) mass is 474 g/mol. The molecule has 0 bridgehead atoms. The molecule has 0 amide bonds. The fourth-order valence-corrected chi connectivity index (χ4v) is 6.86. The molecule has 1 spiro atoms. The van der Waals surface area contributed by atoms with Crippen molar-refractivity contribution in [3.8, 4) is 22.3 Å². The molecule has 2 aromatic heterocycles. The summed E-state index contributed by atoms with van der Waals surface area (Å²) in [6.45, 7) is 0. The molecule has 2 heterocycles. The van der Waals surface area contributed by atoms with Gasteiger partial charge in [0.15, 0.2) is 0 Å². The summed E-state index contributed by atoms with van der Waals surface area (Å²) in [6.07, 6.45) is 0. The molecule has 0 saturated carbocycles. The van der Waals surface area contributed by atoms with Gasteiger partial charge < -0.3 is 4.42 Å². The minimum Gasteiger partial charge on any atom is -0.424 e. The van der Waals surface area contributed by atoms with Crippen molar-refractivity contribution in [2.24, 2.45) is 0 Å². The molecule has 0 radical (unpaired) electrons. The number of imidazole rings is 1. The fourth-order valence-electron chi connectivity index (χ4n) is 6.86. The summed E-state index contributed by atoms with van der Waals surface area (Å²) < 4.78 is 7.95. The second-order valence-electron chi connectivity index (χ2n) is 9.91. The van der Waals surface area contributed by atoms with E-state index in [4.69, 9.17) is 4.42 Å². The van der Waals surface area contributed by atoms with Gasteiger partial charge in [-0.15, -0.1) is 0 Å². The lowest BCUT2D eigenvalue weighted by Gasteiger charge is -2.30. The van der Waals surface area contributed by atoms with Crippen LogP contribution in [0.25, 0.3) is 50.1 Å². The van der Waals surface area contributed by atoms with E-state index in [9.17, 15) is 4.79 Å². The molecule has 0 N–H and O–H groups in total. The van der Waals surface area contributed by atoms with Gasteiger partial charge in [-0.3, -0.25) is 4.79 Å². The minimum atomic E-state index is -0.474. The summed E-state index contributed by atoms with van der Waals surface area (Å²) >= 11 is 0. The van der Waals surface area contributed by atoms with Gasteiger partial charge in [0.05, 0.1) is 21.8 Å². The predicted octanol–water partition coefficient (Wildman–Crippen LogP) is 6.94. The third-order valence-electron chi connectivity index (χ3n) is 8.26. The zero-order valence-electron chi connectivity index (χ0n) is 19.6. The quantitative estimate of drug-likeness (QED) is 0.239. The Morgan fingerprint density at radius 2 is 1.19 bits per heavy atom. The molecule has 0 aliphatic heterocycles. The number of hydrogen-bond acceptors (Lipinski definition) is 3. The standard InChI is InChI=1S/C33H18N2O2/c36-31-23-17-22-21-11-3-6-14-26(21)33(24-12-4-1-9-19(24)20-10-2-5-13-25(20)33)27(22)18-30(23)37-32-34-28-15-7-8-16-29(28)35(31)32/h1-18H. The van der Waals surface area contributed by atoms with Crippen LogP contribution in [0, 0.1) is 0 Å². The van der Waals surface area contributed by atoms with Gasteiger partial charge in [-0.25, -0.2) is 4.40 Å². The molecule has 37 heavy (non-hydrogen) atoms. The summed E-state index contributed by atoms with van der Waals surface area (Å²) in [5.74, 6) is 0.315. The maximum Gasteiger partial charge on any atom is 0.310 e. The van der Waals surface area contributed by atoms with Crippen LogP contribution in [-0.2, 0) is 5.41 Å². The third kappa shape index (κ3) is 2.12. The van der Waals surface area contributed by atoms with Gasteiger partial charge in [-0.05, 0) is 68.8 Å². The molecule has 0 saturated heterocycles. The summed E-state index contributed by atoms with van der Waals surface area (Å²) in [4.78, 5) is 18.5. The Morgan fingerprint density at radius 3 is 1.86 bits per heavy atom. The van der Waals surface area contributed by atoms with E-state index in [-0.39, 0.29) is 5.56 Å². The SMILES string of the molecule is O=c1c2cc3c(cc2oc2nc4ccccc4n12)C1(c2ccccc2-c2ccccc21)c1ccccc1-3. The topological polar surface area (TPSA) is 47.5 Å². The van der Waals surface area contributed by atoms with Crippen LogP contribution in [0.3, 0.4) is 0 Å². The highest BCUT2D eigenvalue weighted by Crippen LogP contribution is 2.62. The zero-order chi connectivity index (χ0) is 24.3. The number of aromatic nitrogens is 2. The van der Waals surface area contributed by atoms with Crippen LogP contribution < -0.4 is 5.56 Å². The molecule has 4 nitrogen and oxygen atoms in total. The second kappa shape index (κ2) is 6.42. The smallest absolute Gasteiger partial charge is 0.310 e. The Hall–Kier alpha value is -4.96. The molecular formula is C33H18N2O2. The molecular weight excluding hydrogens is 456 g/mol. The van der Waals surface area contributed by atoms with E-state index in [1.54, 1.807) is 4.40 Å². The molecule has 9 rings (SSSR count). The Bertz CT molecular complexity index is 2140. The number of fused-ring (bicyclic) bond motifs is 14. The summed E-state index contributed by atoms with van der Waals surface area (Å²) in [6, 6.07) is 37.7.